The van der Waals surface area contributed by atoms with Gasteiger partial charge in [-0.05, 0) is 37.5 Å². The van der Waals surface area contributed by atoms with Gasteiger partial charge in [0, 0.05) is 25.1 Å². The van der Waals surface area contributed by atoms with Crippen molar-refractivity contribution >= 4 is 17.6 Å². The first kappa shape index (κ1) is 16.2. The van der Waals surface area contributed by atoms with E-state index in [1.54, 1.807) is 6.92 Å². The highest BCUT2D eigenvalue weighted by Crippen LogP contribution is 2.19. The van der Waals surface area contributed by atoms with Crippen molar-refractivity contribution in [3.05, 3.63) is 29.8 Å². The number of hydrogen-bond donors (Lipinski definition) is 2. The van der Waals surface area contributed by atoms with E-state index in [-0.39, 0.29) is 17.9 Å². The van der Waals surface area contributed by atoms with Crippen LogP contribution in [0.15, 0.2) is 24.3 Å². The van der Waals surface area contributed by atoms with Crippen LogP contribution in [-0.2, 0) is 14.3 Å². The molecule has 0 saturated heterocycles. The SMILES string of the molecule is CCOC(=O)CCCC(N)c1ccc(NC(C)=O)cc1. The first-order valence-electron chi connectivity index (χ1n) is 6.81. The van der Waals surface area contributed by atoms with Crippen molar-refractivity contribution in [2.24, 2.45) is 5.73 Å². The number of carbonyl (C=O) groups is 2. The van der Waals surface area contributed by atoms with E-state index in [1.807, 2.05) is 24.3 Å². The Hall–Kier alpha value is -1.88. The summed E-state index contributed by atoms with van der Waals surface area (Å²) in [5, 5.41) is 2.70. The van der Waals surface area contributed by atoms with Gasteiger partial charge in [-0.15, -0.1) is 0 Å². The zero-order chi connectivity index (χ0) is 15.0. The Labute approximate surface area is 119 Å². The van der Waals surface area contributed by atoms with Crippen LogP contribution in [-0.4, -0.2) is 18.5 Å². The molecule has 0 aliphatic heterocycles. The molecule has 3 N–H and O–H groups in total. The summed E-state index contributed by atoms with van der Waals surface area (Å²) in [6.07, 6.45) is 1.82. The van der Waals surface area contributed by atoms with Gasteiger partial charge in [0.2, 0.25) is 5.91 Å². The van der Waals surface area contributed by atoms with E-state index in [9.17, 15) is 9.59 Å². The molecule has 110 valence electrons. The van der Waals surface area contributed by atoms with Crippen LogP contribution in [0.5, 0.6) is 0 Å². The lowest BCUT2D eigenvalue weighted by Crippen LogP contribution is -2.12. The quantitative estimate of drug-likeness (QED) is 0.750. The van der Waals surface area contributed by atoms with Crippen LogP contribution in [0.25, 0.3) is 0 Å². The molecule has 5 heteroatoms. The molecule has 0 heterocycles. The maximum atomic E-state index is 11.2. The number of ether oxygens (including phenoxy) is 1. The third kappa shape index (κ3) is 5.84. The lowest BCUT2D eigenvalue weighted by Gasteiger charge is -2.12. The van der Waals surface area contributed by atoms with Crippen molar-refractivity contribution in [1.82, 2.24) is 0 Å². The molecular weight excluding hydrogens is 256 g/mol. The largest absolute Gasteiger partial charge is 0.466 e. The van der Waals surface area contributed by atoms with Crippen molar-refractivity contribution < 1.29 is 14.3 Å². The number of carbonyl (C=O) groups excluding carboxylic acids is 2. The zero-order valence-corrected chi connectivity index (χ0v) is 12.0. The smallest absolute Gasteiger partial charge is 0.305 e. The highest BCUT2D eigenvalue weighted by molar-refractivity contribution is 5.88. The normalized spacial score (nSPS) is 11.8. The molecule has 0 aliphatic rings. The molecular formula is C15H22N2O3. The second-order valence-corrected chi connectivity index (χ2v) is 4.61. The molecule has 1 aromatic rings. The minimum Gasteiger partial charge on any atom is -0.466 e. The molecule has 0 aromatic heterocycles. The predicted octanol–water partition coefficient (Wildman–Crippen LogP) is 2.38. The molecule has 0 fully saturated rings. The summed E-state index contributed by atoms with van der Waals surface area (Å²) >= 11 is 0. The van der Waals surface area contributed by atoms with E-state index in [0.717, 1.165) is 17.7 Å². The summed E-state index contributed by atoms with van der Waals surface area (Å²) in [6.45, 7) is 3.67. The third-order valence-corrected chi connectivity index (χ3v) is 2.86. The standard InChI is InChI=1S/C15H22N2O3/c1-3-20-15(19)6-4-5-14(16)12-7-9-13(10-8-12)17-11(2)18/h7-10,14H,3-6,16H2,1-2H3,(H,17,18). The second kappa shape index (κ2) is 8.32. The fraction of sp³-hybridized carbons (Fsp3) is 0.467. The van der Waals surface area contributed by atoms with Gasteiger partial charge in [-0.25, -0.2) is 0 Å². The van der Waals surface area contributed by atoms with Gasteiger partial charge in [0.05, 0.1) is 6.61 Å². The lowest BCUT2D eigenvalue weighted by atomic mass is 10.0. The fourth-order valence-electron chi connectivity index (χ4n) is 1.88. The molecule has 0 aliphatic carbocycles. The van der Waals surface area contributed by atoms with Crippen molar-refractivity contribution in [3.63, 3.8) is 0 Å². The summed E-state index contributed by atoms with van der Waals surface area (Å²) in [5.74, 6) is -0.280. The summed E-state index contributed by atoms with van der Waals surface area (Å²) in [5.41, 5.74) is 7.81. The van der Waals surface area contributed by atoms with E-state index in [2.05, 4.69) is 5.32 Å². The molecule has 0 bridgehead atoms. The molecule has 1 rings (SSSR count). The summed E-state index contributed by atoms with van der Waals surface area (Å²) in [4.78, 5) is 22.1. The van der Waals surface area contributed by atoms with E-state index < -0.39 is 0 Å². The average molecular weight is 278 g/mol. The van der Waals surface area contributed by atoms with Crippen LogP contribution < -0.4 is 11.1 Å². The van der Waals surface area contributed by atoms with Crippen LogP contribution in [0.2, 0.25) is 0 Å². The highest BCUT2D eigenvalue weighted by Gasteiger charge is 2.08. The Bertz CT molecular complexity index is 443. The second-order valence-electron chi connectivity index (χ2n) is 4.61. The topological polar surface area (TPSA) is 81.4 Å². The Morgan fingerprint density at radius 3 is 2.50 bits per heavy atom. The summed E-state index contributed by atoms with van der Waals surface area (Å²) in [6, 6.07) is 7.31. The number of amides is 1. The van der Waals surface area contributed by atoms with Crippen LogP contribution in [0.4, 0.5) is 5.69 Å². The maximum Gasteiger partial charge on any atom is 0.305 e. The van der Waals surface area contributed by atoms with Gasteiger partial charge < -0.3 is 15.8 Å². The number of benzene rings is 1. The van der Waals surface area contributed by atoms with Crippen molar-refractivity contribution in [1.29, 1.82) is 0 Å². The average Bonchev–Trinajstić information content (AvgIpc) is 2.39. The molecule has 1 atom stereocenters. The molecule has 0 spiro atoms. The molecule has 1 aromatic carbocycles. The van der Waals surface area contributed by atoms with Crippen molar-refractivity contribution in [2.45, 2.75) is 39.2 Å². The molecule has 1 unspecified atom stereocenters. The van der Waals surface area contributed by atoms with Gasteiger partial charge >= 0.3 is 5.97 Å². The number of rotatable bonds is 7. The number of hydrogen-bond acceptors (Lipinski definition) is 4. The Kier molecular flexibility index (Phi) is 6.73. The third-order valence-electron chi connectivity index (χ3n) is 2.86. The number of nitrogens with one attached hydrogen (secondary N) is 1. The Balaban J connectivity index is 2.41. The first-order chi connectivity index (χ1) is 9.52. The molecule has 5 nitrogen and oxygen atoms in total. The van der Waals surface area contributed by atoms with E-state index in [0.29, 0.717) is 19.4 Å². The molecule has 0 radical (unpaired) electrons. The van der Waals surface area contributed by atoms with Gasteiger partial charge in [-0.2, -0.15) is 0 Å². The summed E-state index contributed by atoms with van der Waals surface area (Å²) in [7, 11) is 0. The van der Waals surface area contributed by atoms with Crippen LogP contribution in [0.3, 0.4) is 0 Å². The van der Waals surface area contributed by atoms with Gasteiger partial charge in [0.25, 0.3) is 0 Å². The van der Waals surface area contributed by atoms with Gasteiger partial charge in [-0.3, -0.25) is 9.59 Å². The zero-order valence-electron chi connectivity index (χ0n) is 12.0. The predicted molar refractivity (Wildman–Crippen MR) is 78.2 cm³/mol. The van der Waals surface area contributed by atoms with Crippen LogP contribution >= 0.6 is 0 Å². The fourth-order valence-corrected chi connectivity index (χ4v) is 1.88. The Morgan fingerprint density at radius 2 is 1.95 bits per heavy atom. The van der Waals surface area contributed by atoms with Crippen molar-refractivity contribution in [3.8, 4) is 0 Å². The Morgan fingerprint density at radius 1 is 1.30 bits per heavy atom. The van der Waals surface area contributed by atoms with Gasteiger partial charge in [0.15, 0.2) is 0 Å². The van der Waals surface area contributed by atoms with Gasteiger partial charge in [-0.1, -0.05) is 12.1 Å². The summed E-state index contributed by atoms with van der Waals surface area (Å²) < 4.78 is 4.86. The number of anilines is 1. The number of esters is 1. The number of nitrogens with two attached hydrogens (primary N) is 1. The van der Waals surface area contributed by atoms with Crippen LogP contribution in [0, 0.1) is 0 Å². The maximum absolute atomic E-state index is 11.2. The monoisotopic (exact) mass is 278 g/mol. The lowest BCUT2D eigenvalue weighted by molar-refractivity contribution is -0.143. The minimum atomic E-state index is -0.180. The molecule has 1 amide bonds. The first-order valence-corrected chi connectivity index (χ1v) is 6.81. The van der Waals surface area contributed by atoms with E-state index in [1.165, 1.54) is 6.92 Å². The van der Waals surface area contributed by atoms with Crippen LogP contribution in [0.1, 0.15) is 44.7 Å². The molecule has 0 saturated carbocycles. The minimum absolute atomic E-state index is 0.100. The van der Waals surface area contributed by atoms with Gasteiger partial charge in [0.1, 0.15) is 0 Å². The van der Waals surface area contributed by atoms with E-state index in [4.69, 9.17) is 10.5 Å². The van der Waals surface area contributed by atoms with E-state index >= 15 is 0 Å². The van der Waals surface area contributed by atoms with Crippen molar-refractivity contribution in [2.75, 3.05) is 11.9 Å². The molecule has 20 heavy (non-hydrogen) atoms. The highest BCUT2D eigenvalue weighted by atomic mass is 16.5.